The maximum atomic E-state index is 10.5. The molecule has 1 aromatic rings. The van der Waals surface area contributed by atoms with Gasteiger partial charge in [0.2, 0.25) is 12.7 Å². The quantitative estimate of drug-likeness (QED) is 0.275. The molecule has 1 heterocycles. The fourth-order valence-corrected chi connectivity index (χ4v) is 1.84. The SMILES string of the molecule is N#CN=C(NCC[N+](=O)[O-])c1ccc([N+](=O)[O-])s1. The number of nitrogens with zero attached hydrogens (tertiary/aromatic N) is 4. The number of amidine groups is 1. The van der Waals surface area contributed by atoms with Crippen LogP contribution < -0.4 is 5.32 Å². The van der Waals surface area contributed by atoms with Gasteiger partial charge in [-0.25, -0.2) is 0 Å². The summed E-state index contributed by atoms with van der Waals surface area (Å²) in [5, 5.41) is 31.6. The van der Waals surface area contributed by atoms with Crippen molar-refractivity contribution in [1.82, 2.24) is 5.32 Å². The number of aliphatic imine (C=N–C) groups is 1. The smallest absolute Gasteiger partial charge is 0.324 e. The van der Waals surface area contributed by atoms with Crippen molar-refractivity contribution in [3.05, 3.63) is 37.2 Å². The molecule has 0 aliphatic carbocycles. The molecule has 18 heavy (non-hydrogen) atoms. The van der Waals surface area contributed by atoms with E-state index < -0.39 is 9.85 Å². The van der Waals surface area contributed by atoms with Crippen molar-refractivity contribution in [2.24, 2.45) is 4.99 Å². The number of nitrogens with one attached hydrogen (secondary N) is 1. The van der Waals surface area contributed by atoms with Crippen LogP contribution in [0.5, 0.6) is 0 Å². The Hall–Kier alpha value is -2.54. The van der Waals surface area contributed by atoms with Crippen molar-refractivity contribution in [3.8, 4) is 6.19 Å². The van der Waals surface area contributed by atoms with Gasteiger partial charge in [-0.05, 0) is 6.07 Å². The highest BCUT2D eigenvalue weighted by molar-refractivity contribution is 7.17. The zero-order valence-electron chi connectivity index (χ0n) is 8.90. The summed E-state index contributed by atoms with van der Waals surface area (Å²) in [7, 11) is 0. The van der Waals surface area contributed by atoms with Gasteiger partial charge in [-0.1, -0.05) is 11.3 Å². The van der Waals surface area contributed by atoms with Crippen LogP contribution in [0.3, 0.4) is 0 Å². The molecule has 0 bridgehead atoms. The number of hydrogen-bond donors (Lipinski definition) is 1. The largest absolute Gasteiger partial charge is 0.362 e. The summed E-state index contributed by atoms with van der Waals surface area (Å²) >= 11 is 0.835. The third kappa shape index (κ3) is 3.80. The molecule has 1 N–H and O–H groups in total. The van der Waals surface area contributed by atoms with Gasteiger partial charge in [0, 0.05) is 11.0 Å². The second kappa shape index (κ2) is 6.26. The van der Waals surface area contributed by atoms with E-state index in [0.717, 1.165) is 11.3 Å². The summed E-state index contributed by atoms with van der Waals surface area (Å²) in [4.78, 5) is 23.4. The Bertz CT molecular complexity index is 532. The minimum Gasteiger partial charge on any atom is -0.362 e. The van der Waals surface area contributed by atoms with Gasteiger partial charge in [0.1, 0.15) is 0 Å². The first-order chi connectivity index (χ1) is 8.54. The van der Waals surface area contributed by atoms with Gasteiger partial charge in [0.25, 0.3) is 0 Å². The van der Waals surface area contributed by atoms with Crippen LogP contribution in [0, 0.1) is 31.7 Å². The van der Waals surface area contributed by atoms with E-state index in [9.17, 15) is 20.2 Å². The van der Waals surface area contributed by atoms with Gasteiger partial charge in [-0.3, -0.25) is 20.2 Å². The van der Waals surface area contributed by atoms with E-state index in [1.807, 2.05) is 0 Å². The molecule has 9 nitrogen and oxygen atoms in total. The molecule has 94 valence electrons. The fraction of sp³-hybridized carbons (Fsp3) is 0.250. The highest BCUT2D eigenvalue weighted by Crippen LogP contribution is 2.23. The topological polar surface area (TPSA) is 134 Å². The van der Waals surface area contributed by atoms with Crippen LogP contribution in [0.2, 0.25) is 0 Å². The normalized spacial score (nSPS) is 10.7. The molecule has 0 aliphatic rings. The monoisotopic (exact) mass is 269 g/mol. The predicted molar refractivity (Wildman–Crippen MR) is 63.0 cm³/mol. The summed E-state index contributed by atoms with van der Waals surface area (Å²) in [6, 6.07) is 2.71. The summed E-state index contributed by atoms with van der Waals surface area (Å²) in [5.74, 6) is 0.0949. The minimum atomic E-state index is -0.560. The van der Waals surface area contributed by atoms with Crippen molar-refractivity contribution in [1.29, 1.82) is 5.26 Å². The van der Waals surface area contributed by atoms with E-state index in [0.29, 0.717) is 4.88 Å². The van der Waals surface area contributed by atoms with Crippen molar-refractivity contribution in [2.75, 3.05) is 13.1 Å². The number of rotatable bonds is 5. The molecule has 10 heteroatoms. The van der Waals surface area contributed by atoms with E-state index in [2.05, 4.69) is 10.3 Å². The van der Waals surface area contributed by atoms with E-state index in [4.69, 9.17) is 5.26 Å². The summed E-state index contributed by atoms with van der Waals surface area (Å²) in [6.45, 7) is -0.350. The summed E-state index contributed by atoms with van der Waals surface area (Å²) in [6.07, 6.45) is 1.54. The lowest BCUT2D eigenvalue weighted by Crippen LogP contribution is -2.28. The van der Waals surface area contributed by atoms with Crippen LogP contribution in [-0.4, -0.2) is 28.8 Å². The van der Waals surface area contributed by atoms with E-state index in [1.165, 1.54) is 18.3 Å². The van der Waals surface area contributed by atoms with E-state index >= 15 is 0 Å². The molecule has 0 saturated heterocycles. The Labute approximate surface area is 105 Å². The number of thiophene rings is 1. The number of nitriles is 1. The molecular formula is C8H7N5O4S. The molecule has 0 aromatic carbocycles. The average Bonchev–Trinajstić information content (AvgIpc) is 2.76. The number of hydrogen-bond acceptors (Lipinski definition) is 7. The lowest BCUT2D eigenvalue weighted by atomic mass is 10.4. The van der Waals surface area contributed by atoms with Crippen LogP contribution in [0.4, 0.5) is 5.00 Å². The second-order valence-electron chi connectivity index (χ2n) is 2.94. The molecular weight excluding hydrogens is 262 g/mol. The average molecular weight is 269 g/mol. The van der Waals surface area contributed by atoms with Gasteiger partial charge in [-0.15, -0.1) is 0 Å². The Morgan fingerprint density at radius 1 is 1.50 bits per heavy atom. The fourth-order valence-electron chi connectivity index (χ4n) is 1.05. The standard InChI is InChI=1S/C8H7N5O4S/c9-5-11-8(10-3-4-12(14)15)6-1-2-7(18-6)13(16)17/h1-2H,3-4H2,(H,10,11). The molecule has 1 aromatic heterocycles. The molecule has 0 atom stereocenters. The van der Waals surface area contributed by atoms with Gasteiger partial charge < -0.3 is 5.32 Å². The van der Waals surface area contributed by atoms with Crippen LogP contribution >= 0.6 is 11.3 Å². The first-order valence-electron chi connectivity index (χ1n) is 4.61. The lowest BCUT2D eigenvalue weighted by molar-refractivity contribution is -0.477. The molecule has 0 spiro atoms. The Balaban J connectivity index is 2.79. The van der Waals surface area contributed by atoms with Crippen molar-refractivity contribution in [3.63, 3.8) is 0 Å². The molecule has 0 unspecified atom stereocenters. The third-order valence-corrected chi connectivity index (χ3v) is 2.80. The van der Waals surface area contributed by atoms with Gasteiger partial charge in [0.05, 0.1) is 16.3 Å². The summed E-state index contributed by atoms with van der Waals surface area (Å²) in [5.41, 5.74) is 0. The Morgan fingerprint density at radius 2 is 2.22 bits per heavy atom. The maximum absolute atomic E-state index is 10.5. The van der Waals surface area contributed by atoms with Gasteiger partial charge in [-0.2, -0.15) is 10.3 Å². The van der Waals surface area contributed by atoms with Crippen LogP contribution in [0.25, 0.3) is 0 Å². The van der Waals surface area contributed by atoms with Crippen molar-refractivity contribution in [2.45, 2.75) is 0 Å². The molecule has 0 radical (unpaired) electrons. The van der Waals surface area contributed by atoms with Gasteiger partial charge in [0.15, 0.2) is 5.84 Å². The zero-order valence-corrected chi connectivity index (χ0v) is 9.72. The molecule has 0 saturated carbocycles. The highest BCUT2D eigenvalue weighted by Gasteiger charge is 2.14. The maximum Gasteiger partial charge on any atom is 0.324 e. The minimum absolute atomic E-state index is 0.0147. The highest BCUT2D eigenvalue weighted by atomic mass is 32.1. The zero-order chi connectivity index (χ0) is 13.5. The van der Waals surface area contributed by atoms with Crippen molar-refractivity contribution < 1.29 is 9.85 Å². The van der Waals surface area contributed by atoms with Crippen LogP contribution in [-0.2, 0) is 0 Å². The molecule has 0 fully saturated rings. The third-order valence-electron chi connectivity index (χ3n) is 1.75. The number of nitro groups is 2. The molecule has 1 rings (SSSR count). The lowest BCUT2D eigenvalue weighted by Gasteiger charge is -2.02. The Morgan fingerprint density at radius 3 is 2.72 bits per heavy atom. The Kier molecular flexibility index (Phi) is 4.70. The van der Waals surface area contributed by atoms with E-state index in [1.54, 1.807) is 0 Å². The summed E-state index contributed by atoms with van der Waals surface area (Å²) < 4.78 is 0. The first kappa shape index (κ1) is 13.5. The van der Waals surface area contributed by atoms with Gasteiger partial charge >= 0.3 is 5.00 Å². The van der Waals surface area contributed by atoms with Crippen LogP contribution in [0.1, 0.15) is 4.88 Å². The molecule has 0 aliphatic heterocycles. The predicted octanol–water partition coefficient (Wildman–Crippen LogP) is 0.750. The van der Waals surface area contributed by atoms with Crippen LogP contribution in [0.15, 0.2) is 17.1 Å². The second-order valence-corrected chi connectivity index (χ2v) is 4.00. The molecule has 0 amide bonds. The van der Waals surface area contributed by atoms with E-state index in [-0.39, 0.29) is 23.9 Å². The van der Waals surface area contributed by atoms with Crippen molar-refractivity contribution >= 4 is 22.2 Å². The first-order valence-corrected chi connectivity index (χ1v) is 5.43.